The minimum absolute atomic E-state index is 0.0869. The van der Waals surface area contributed by atoms with Gasteiger partial charge in [-0.05, 0) is 19.3 Å². The molecule has 0 unspecified atom stereocenters. The summed E-state index contributed by atoms with van der Waals surface area (Å²) in [7, 11) is 0. The monoisotopic (exact) mass is 732 g/mol. The van der Waals surface area contributed by atoms with Crippen molar-refractivity contribution in [2.45, 2.75) is 173 Å². The maximum absolute atomic E-state index is 10.0. The van der Waals surface area contributed by atoms with Crippen LogP contribution >= 0.6 is 0 Å². The Morgan fingerprint density at radius 2 is 0.660 bits per heavy atom. The SMILES string of the molecule is CCCCCCCC(=O)O.CCCCCCCC(=O)O.CCCCCCCC(=O)O.O=C[C@H](O)[C@@H](O)[C@H](O)CO.O=C[C@H](O)[C@@H](O)[C@H](O)CO. The summed E-state index contributed by atoms with van der Waals surface area (Å²) in [6.45, 7) is 5.07. The van der Waals surface area contributed by atoms with Crippen LogP contribution in [-0.4, -0.2) is 136 Å². The molecule has 0 bridgehead atoms. The van der Waals surface area contributed by atoms with E-state index in [0.717, 1.165) is 38.5 Å². The van der Waals surface area contributed by atoms with Crippen molar-refractivity contribution in [1.29, 1.82) is 0 Å². The number of aldehydes is 2. The molecule has 0 saturated heterocycles. The fourth-order valence-corrected chi connectivity index (χ4v) is 3.47. The average molecular weight is 733 g/mol. The van der Waals surface area contributed by atoms with Crippen molar-refractivity contribution in [3.63, 3.8) is 0 Å². The first-order valence-corrected chi connectivity index (χ1v) is 17.4. The van der Waals surface area contributed by atoms with Crippen molar-refractivity contribution in [2.24, 2.45) is 0 Å². The van der Waals surface area contributed by atoms with E-state index in [1.54, 1.807) is 0 Å². The van der Waals surface area contributed by atoms with Crippen LogP contribution in [0.2, 0.25) is 0 Å². The molecular formula is C34H68O16. The molecule has 50 heavy (non-hydrogen) atoms. The number of aliphatic hydroxyl groups excluding tert-OH is 8. The van der Waals surface area contributed by atoms with Crippen LogP contribution in [0.5, 0.6) is 0 Å². The zero-order chi connectivity index (χ0) is 39.8. The summed E-state index contributed by atoms with van der Waals surface area (Å²) < 4.78 is 0. The summed E-state index contributed by atoms with van der Waals surface area (Å²) in [4.78, 5) is 49.6. The van der Waals surface area contributed by atoms with Gasteiger partial charge in [-0.3, -0.25) is 14.4 Å². The third-order valence-electron chi connectivity index (χ3n) is 6.62. The van der Waals surface area contributed by atoms with E-state index >= 15 is 0 Å². The van der Waals surface area contributed by atoms with Gasteiger partial charge in [-0.25, -0.2) is 0 Å². The zero-order valence-electron chi connectivity index (χ0n) is 30.2. The number of unbranched alkanes of at least 4 members (excludes halogenated alkanes) is 12. The van der Waals surface area contributed by atoms with Crippen LogP contribution in [0.4, 0.5) is 0 Å². The number of aliphatic hydroxyl groups is 8. The molecule has 16 nitrogen and oxygen atoms in total. The summed E-state index contributed by atoms with van der Waals surface area (Å²) in [5.74, 6) is -2.01. The first-order valence-electron chi connectivity index (χ1n) is 17.4. The summed E-state index contributed by atoms with van der Waals surface area (Å²) >= 11 is 0. The van der Waals surface area contributed by atoms with Crippen LogP contribution in [-0.2, 0) is 24.0 Å². The van der Waals surface area contributed by atoms with Crippen LogP contribution in [0.15, 0.2) is 0 Å². The molecule has 0 aliphatic rings. The molecule has 11 N–H and O–H groups in total. The molecule has 0 aliphatic carbocycles. The second-order valence-corrected chi connectivity index (χ2v) is 11.4. The highest BCUT2D eigenvalue weighted by Gasteiger charge is 2.23. The Morgan fingerprint density at radius 3 is 0.820 bits per heavy atom. The lowest BCUT2D eigenvalue weighted by Gasteiger charge is -2.16. The fraction of sp³-hybridized carbons (Fsp3) is 0.853. The molecule has 0 aliphatic heterocycles. The van der Waals surface area contributed by atoms with Gasteiger partial charge in [0.2, 0.25) is 0 Å². The second kappa shape index (κ2) is 44.5. The Morgan fingerprint density at radius 1 is 0.440 bits per heavy atom. The minimum atomic E-state index is -1.64. The molecule has 0 rings (SSSR count). The van der Waals surface area contributed by atoms with Crippen molar-refractivity contribution < 1.29 is 80.1 Å². The third kappa shape index (κ3) is 49.8. The van der Waals surface area contributed by atoms with Gasteiger partial charge < -0.3 is 65.8 Å². The van der Waals surface area contributed by atoms with E-state index in [-0.39, 0.29) is 12.6 Å². The molecule has 0 aromatic carbocycles. The van der Waals surface area contributed by atoms with Gasteiger partial charge >= 0.3 is 17.9 Å². The minimum Gasteiger partial charge on any atom is -0.481 e. The molecule has 0 spiro atoms. The van der Waals surface area contributed by atoms with E-state index in [2.05, 4.69) is 20.8 Å². The number of hydrogen-bond donors (Lipinski definition) is 11. The number of carbonyl (C=O) groups is 5. The Balaban J connectivity index is -0.000000169. The number of carbonyl (C=O) groups excluding carboxylic acids is 2. The molecule has 300 valence electrons. The molecule has 0 radical (unpaired) electrons. The van der Waals surface area contributed by atoms with Crippen molar-refractivity contribution in [3.05, 3.63) is 0 Å². The molecule has 0 aromatic rings. The maximum atomic E-state index is 10.0. The van der Waals surface area contributed by atoms with E-state index in [9.17, 15) is 24.0 Å². The topological polar surface area (TPSA) is 308 Å². The number of hydrogen-bond acceptors (Lipinski definition) is 13. The van der Waals surface area contributed by atoms with Crippen molar-refractivity contribution in [3.8, 4) is 0 Å². The second-order valence-electron chi connectivity index (χ2n) is 11.4. The lowest BCUT2D eigenvalue weighted by molar-refractivity contribution is -0.138. The normalized spacial score (nSPS) is 13.7. The Labute approximate surface area is 296 Å². The van der Waals surface area contributed by atoms with Gasteiger partial charge in [-0.2, -0.15) is 0 Å². The fourth-order valence-electron chi connectivity index (χ4n) is 3.47. The number of aliphatic carboxylic acids is 3. The number of rotatable bonds is 26. The third-order valence-corrected chi connectivity index (χ3v) is 6.62. The smallest absolute Gasteiger partial charge is 0.303 e. The lowest BCUT2D eigenvalue weighted by atomic mass is 10.1. The molecule has 0 fully saturated rings. The highest BCUT2D eigenvalue weighted by Crippen LogP contribution is 2.06. The van der Waals surface area contributed by atoms with E-state index in [0.29, 0.717) is 19.3 Å². The standard InChI is InChI=1S/3C8H16O2.2C5H10O5/c3*1-2-3-4-5-6-7-8(9)10;2*6-1-3(8)5(10)4(9)2-7/h3*2-7H2,1H3,(H,9,10);2*1,3-5,7-10H,2H2/t;;;2*3-,4+,5+/m...00/s1. The van der Waals surface area contributed by atoms with E-state index in [1.165, 1.54) is 57.8 Å². The predicted octanol–water partition coefficient (Wildman–Crippen LogP) is 1.82. The highest BCUT2D eigenvalue weighted by atomic mass is 16.4. The number of carboxylic acids is 3. The quantitative estimate of drug-likeness (QED) is 0.0446. The molecule has 0 saturated carbocycles. The molecule has 6 atom stereocenters. The summed E-state index contributed by atoms with van der Waals surface area (Å²) in [6.07, 6.45) is 8.39. The van der Waals surface area contributed by atoms with Gasteiger partial charge in [-0.15, -0.1) is 0 Å². The summed E-state index contributed by atoms with van der Waals surface area (Å²) in [5.41, 5.74) is 0. The molecular weight excluding hydrogens is 664 g/mol. The maximum Gasteiger partial charge on any atom is 0.303 e. The lowest BCUT2D eigenvalue weighted by Crippen LogP contribution is -2.40. The largest absolute Gasteiger partial charge is 0.481 e. The molecule has 0 aromatic heterocycles. The molecule has 0 amide bonds. The van der Waals surface area contributed by atoms with E-state index in [4.69, 9.17) is 56.2 Å². The average Bonchev–Trinajstić information content (AvgIpc) is 3.10. The summed E-state index contributed by atoms with van der Waals surface area (Å²) in [6, 6.07) is 0. The number of carboxylic acid groups (broad SMARTS) is 3. The van der Waals surface area contributed by atoms with Crippen LogP contribution in [0, 0.1) is 0 Å². The van der Waals surface area contributed by atoms with Crippen LogP contribution in [0.1, 0.15) is 136 Å². The highest BCUT2D eigenvalue weighted by molar-refractivity contribution is 5.67. The van der Waals surface area contributed by atoms with E-state index < -0.39 is 67.7 Å². The molecule has 16 heteroatoms. The van der Waals surface area contributed by atoms with Crippen LogP contribution in [0.3, 0.4) is 0 Å². The van der Waals surface area contributed by atoms with Gasteiger partial charge in [-0.1, -0.05) is 97.8 Å². The molecule has 0 heterocycles. The van der Waals surface area contributed by atoms with Crippen molar-refractivity contribution in [2.75, 3.05) is 13.2 Å². The van der Waals surface area contributed by atoms with Gasteiger partial charge in [0.1, 0.15) is 36.6 Å². The van der Waals surface area contributed by atoms with Gasteiger partial charge in [0, 0.05) is 19.3 Å². The van der Waals surface area contributed by atoms with E-state index in [1.807, 2.05) is 0 Å². The van der Waals surface area contributed by atoms with Gasteiger partial charge in [0.15, 0.2) is 12.6 Å². The summed E-state index contributed by atoms with van der Waals surface area (Å²) in [5, 5.41) is 92.9. The Hall–Kier alpha value is -2.57. The first kappa shape index (κ1) is 56.8. The van der Waals surface area contributed by atoms with Gasteiger partial charge in [0.05, 0.1) is 13.2 Å². The van der Waals surface area contributed by atoms with Gasteiger partial charge in [0.25, 0.3) is 0 Å². The Kier molecular flexibility index (Phi) is 50.5. The van der Waals surface area contributed by atoms with Crippen molar-refractivity contribution >= 4 is 30.5 Å². The van der Waals surface area contributed by atoms with Crippen molar-refractivity contribution in [1.82, 2.24) is 0 Å². The predicted molar refractivity (Wildman–Crippen MR) is 185 cm³/mol. The van der Waals surface area contributed by atoms with Crippen LogP contribution in [0.25, 0.3) is 0 Å². The zero-order valence-corrected chi connectivity index (χ0v) is 30.2. The van der Waals surface area contributed by atoms with Crippen LogP contribution < -0.4 is 0 Å². The first-order chi connectivity index (χ1) is 23.6. The Bertz CT molecular complexity index is 684.